The first kappa shape index (κ1) is 12.7. The number of anilines is 2. The van der Waals surface area contributed by atoms with Crippen LogP contribution in [0.25, 0.3) is 0 Å². The van der Waals surface area contributed by atoms with Crippen molar-refractivity contribution in [2.75, 3.05) is 11.1 Å². The SMILES string of the molecule is CC(Nc1cccc(F)c1N)c1ccc(Cl)cc1. The fourth-order valence-corrected chi connectivity index (χ4v) is 1.86. The third kappa shape index (κ3) is 2.74. The van der Waals surface area contributed by atoms with Crippen LogP contribution in [0, 0.1) is 5.82 Å². The molecule has 0 aromatic heterocycles. The number of hydrogen-bond donors (Lipinski definition) is 2. The number of rotatable bonds is 3. The quantitative estimate of drug-likeness (QED) is 0.814. The Labute approximate surface area is 111 Å². The number of halogens is 2. The van der Waals surface area contributed by atoms with E-state index >= 15 is 0 Å². The Hall–Kier alpha value is -1.74. The summed E-state index contributed by atoms with van der Waals surface area (Å²) >= 11 is 5.83. The fraction of sp³-hybridized carbons (Fsp3) is 0.143. The number of benzene rings is 2. The van der Waals surface area contributed by atoms with Crippen LogP contribution in [0.3, 0.4) is 0 Å². The molecule has 0 aliphatic heterocycles. The van der Waals surface area contributed by atoms with E-state index in [1.54, 1.807) is 12.1 Å². The first-order chi connectivity index (χ1) is 8.58. The second-order valence-corrected chi connectivity index (χ2v) is 4.56. The highest BCUT2D eigenvalue weighted by atomic mass is 35.5. The van der Waals surface area contributed by atoms with Crippen molar-refractivity contribution in [1.29, 1.82) is 0 Å². The summed E-state index contributed by atoms with van der Waals surface area (Å²) < 4.78 is 13.3. The predicted octanol–water partition coefficient (Wildman–Crippen LogP) is 4.23. The molecule has 1 unspecified atom stereocenters. The van der Waals surface area contributed by atoms with Gasteiger partial charge in [0.1, 0.15) is 5.82 Å². The fourth-order valence-electron chi connectivity index (χ4n) is 1.73. The monoisotopic (exact) mass is 264 g/mol. The molecule has 0 radical (unpaired) electrons. The summed E-state index contributed by atoms with van der Waals surface area (Å²) in [6.07, 6.45) is 0. The molecule has 0 saturated carbocycles. The van der Waals surface area contributed by atoms with Gasteiger partial charge in [0.15, 0.2) is 0 Å². The van der Waals surface area contributed by atoms with Gasteiger partial charge in [-0.15, -0.1) is 0 Å². The maximum absolute atomic E-state index is 13.3. The van der Waals surface area contributed by atoms with E-state index in [1.807, 2.05) is 31.2 Å². The molecule has 4 heteroatoms. The molecule has 0 aliphatic carbocycles. The first-order valence-corrected chi connectivity index (χ1v) is 6.01. The van der Waals surface area contributed by atoms with Gasteiger partial charge < -0.3 is 11.1 Å². The highest BCUT2D eigenvalue weighted by Gasteiger charge is 2.09. The van der Waals surface area contributed by atoms with E-state index in [2.05, 4.69) is 5.32 Å². The summed E-state index contributed by atoms with van der Waals surface area (Å²) in [5.41, 5.74) is 7.47. The van der Waals surface area contributed by atoms with Gasteiger partial charge in [0, 0.05) is 11.1 Å². The van der Waals surface area contributed by atoms with Gasteiger partial charge >= 0.3 is 0 Å². The Bertz CT molecular complexity index is 540. The van der Waals surface area contributed by atoms with Gasteiger partial charge in [0.2, 0.25) is 0 Å². The molecule has 0 spiro atoms. The molecule has 0 aliphatic rings. The van der Waals surface area contributed by atoms with Crippen LogP contribution in [0.1, 0.15) is 18.5 Å². The number of para-hydroxylation sites is 1. The predicted molar refractivity (Wildman–Crippen MR) is 74.3 cm³/mol. The Morgan fingerprint density at radius 2 is 1.83 bits per heavy atom. The van der Waals surface area contributed by atoms with Gasteiger partial charge in [-0.25, -0.2) is 4.39 Å². The Balaban J connectivity index is 2.18. The summed E-state index contributed by atoms with van der Waals surface area (Å²) in [6, 6.07) is 12.2. The molecular formula is C14H14ClFN2. The molecular weight excluding hydrogens is 251 g/mol. The van der Waals surface area contributed by atoms with Crippen molar-refractivity contribution in [3.63, 3.8) is 0 Å². The van der Waals surface area contributed by atoms with Crippen LogP contribution >= 0.6 is 11.6 Å². The highest BCUT2D eigenvalue weighted by Crippen LogP contribution is 2.26. The number of nitrogen functional groups attached to an aromatic ring is 1. The summed E-state index contributed by atoms with van der Waals surface area (Å²) in [7, 11) is 0. The second-order valence-electron chi connectivity index (χ2n) is 4.12. The molecule has 2 rings (SSSR count). The van der Waals surface area contributed by atoms with Gasteiger partial charge in [-0.05, 0) is 36.8 Å². The average molecular weight is 265 g/mol. The van der Waals surface area contributed by atoms with E-state index in [9.17, 15) is 4.39 Å². The summed E-state index contributed by atoms with van der Waals surface area (Å²) in [6.45, 7) is 1.98. The van der Waals surface area contributed by atoms with E-state index < -0.39 is 5.82 Å². The van der Waals surface area contributed by atoms with Gasteiger partial charge in [0.25, 0.3) is 0 Å². The van der Waals surface area contributed by atoms with Gasteiger partial charge in [-0.1, -0.05) is 29.8 Å². The van der Waals surface area contributed by atoms with Gasteiger partial charge in [0.05, 0.1) is 11.4 Å². The number of hydrogen-bond acceptors (Lipinski definition) is 2. The first-order valence-electron chi connectivity index (χ1n) is 5.64. The van der Waals surface area contributed by atoms with Crippen LogP contribution in [0.4, 0.5) is 15.8 Å². The zero-order chi connectivity index (χ0) is 13.1. The normalized spacial score (nSPS) is 12.2. The molecule has 3 N–H and O–H groups in total. The van der Waals surface area contributed by atoms with Gasteiger partial charge in [-0.3, -0.25) is 0 Å². The van der Waals surface area contributed by atoms with Crippen LogP contribution < -0.4 is 11.1 Å². The molecule has 0 bridgehead atoms. The minimum Gasteiger partial charge on any atom is -0.395 e. The zero-order valence-electron chi connectivity index (χ0n) is 9.95. The lowest BCUT2D eigenvalue weighted by Gasteiger charge is -2.17. The average Bonchev–Trinajstić information content (AvgIpc) is 2.36. The summed E-state index contributed by atoms with van der Waals surface area (Å²) in [5, 5.41) is 3.87. The van der Waals surface area contributed by atoms with Crippen molar-refractivity contribution in [3.8, 4) is 0 Å². The van der Waals surface area contributed by atoms with Crippen molar-refractivity contribution in [3.05, 3.63) is 58.9 Å². The van der Waals surface area contributed by atoms with Crippen molar-refractivity contribution >= 4 is 23.0 Å². The maximum atomic E-state index is 13.3. The van der Waals surface area contributed by atoms with Crippen molar-refractivity contribution in [2.24, 2.45) is 0 Å². The van der Waals surface area contributed by atoms with Crippen LogP contribution in [0.5, 0.6) is 0 Å². The lowest BCUT2D eigenvalue weighted by atomic mass is 10.1. The number of nitrogens with one attached hydrogen (secondary N) is 1. The molecule has 0 fully saturated rings. The van der Waals surface area contributed by atoms with Crippen molar-refractivity contribution in [2.45, 2.75) is 13.0 Å². The van der Waals surface area contributed by atoms with E-state index in [1.165, 1.54) is 6.07 Å². The van der Waals surface area contributed by atoms with Crippen LogP contribution in [0.15, 0.2) is 42.5 Å². The summed E-state index contributed by atoms with van der Waals surface area (Å²) in [4.78, 5) is 0. The molecule has 2 nitrogen and oxygen atoms in total. The Morgan fingerprint density at radius 3 is 2.50 bits per heavy atom. The van der Waals surface area contributed by atoms with E-state index in [-0.39, 0.29) is 11.7 Å². The molecule has 1 atom stereocenters. The largest absolute Gasteiger partial charge is 0.395 e. The third-order valence-corrected chi connectivity index (χ3v) is 3.05. The molecule has 0 saturated heterocycles. The smallest absolute Gasteiger partial charge is 0.148 e. The summed E-state index contributed by atoms with van der Waals surface area (Å²) in [5.74, 6) is -0.414. The van der Waals surface area contributed by atoms with E-state index in [4.69, 9.17) is 17.3 Å². The van der Waals surface area contributed by atoms with Crippen LogP contribution in [-0.4, -0.2) is 0 Å². The van der Waals surface area contributed by atoms with E-state index in [0.717, 1.165) is 5.56 Å². The van der Waals surface area contributed by atoms with Gasteiger partial charge in [-0.2, -0.15) is 0 Å². The van der Waals surface area contributed by atoms with Crippen LogP contribution in [0.2, 0.25) is 5.02 Å². The molecule has 2 aromatic rings. The highest BCUT2D eigenvalue weighted by molar-refractivity contribution is 6.30. The Kier molecular flexibility index (Phi) is 3.72. The third-order valence-electron chi connectivity index (χ3n) is 2.79. The lowest BCUT2D eigenvalue weighted by Crippen LogP contribution is -2.09. The molecule has 18 heavy (non-hydrogen) atoms. The van der Waals surface area contributed by atoms with Crippen molar-refractivity contribution < 1.29 is 4.39 Å². The lowest BCUT2D eigenvalue weighted by molar-refractivity contribution is 0.632. The van der Waals surface area contributed by atoms with Crippen molar-refractivity contribution in [1.82, 2.24) is 0 Å². The van der Waals surface area contributed by atoms with Crippen LogP contribution in [-0.2, 0) is 0 Å². The Morgan fingerprint density at radius 1 is 1.17 bits per heavy atom. The molecule has 0 amide bonds. The second kappa shape index (κ2) is 5.27. The molecule has 0 heterocycles. The standard InChI is InChI=1S/C14H14ClFN2/c1-9(10-5-7-11(15)8-6-10)18-13-4-2-3-12(16)14(13)17/h2-9,18H,17H2,1H3. The molecule has 2 aromatic carbocycles. The minimum absolute atomic E-state index is 0.0198. The topological polar surface area (TPSA) is 38.0 Å². The zero-order valence-corrected chi connectivity index (χ0v) is 10.7. The minimum atomic E-state index is -0.414. The maximum Gasteiger partial charge on any atom is 0.148 e. The molecule has 94 valence electrons. The van der Waals surface area contributed by atoms with E-state index in [0.29, 0.717) is 10.7 Å². The number of nitrogens with two attached hydrogens (primary N) is 1.